The van der Waals surface area contributed by atoms with Gasteiger partial charge in [-0.2, -0.15) is 0 Å². The second kappa shape index (κ2) is 4.71. The molecule has 5 atom stereocenters. The Hall–Kier alpha value is -0.0800. The van der Waals surface area contributed by atoms with Gasteiger partial charge in [0.05, 0.1) is 0 Å². The third kappa shape index (κ3) is 1.97. The van der Waals surface area contributed by atoms with Gasteiger partial charge in [0.25, 0.3) is 0 Å². The summed E-state index contributed by atoms with van der Waals surface area (Å²) in [5.74, 6) is 0.982. The zero-order valence-corrected chi connectivity index (χ0v) is 14.5. The minimum atomic E-state index is 0.535. The highest BCUT2D eigenvalue weighted by atomic mass is 15.3. The Labute approximate surface area is 131 Å². The molecule has 2 aliphatic carbocycles. The summed E-state index contributed by atoms with van der Waals surface area (Å²) < 4.78 is 0. The highest BCUT2D eigenvalue weighted by Crippen LogP contribution is 2.65. The van der Waals surface area contributed by atoms with Gasteiger partial charge < -0.3 is 5.32 Å². The Kier molecular flexibility index (Phi) is 3.25. The van der Waals surface area contributed by atoms with Crippen LogP contribution in [-0.2, 0) is 0 Å². The van der Waals surface area contributed by atoms with Crippen LogP contribution in [-0.4, -0.2) is 36.1 Å². The molecule has 4 bridgehead atoms. The fraction of sp³-hybridized carbons (Fsp3) is 1.00. The third-order valence-corrected chi connectivity index (χ3v) is 7.93. The molecule has 0 radical (unpaired) electrons. The highest BCUT2D eigenvalue weighted by molar-refractivity contribution is 5.15. The van der Waals surface area contributed by atoms with Crippen molar-refractivity contribution in [2.45, 2.75) is 96.3 Å². The number of hydrogen-bond donors (Lipinski definition) is 1. The topological polar surface area (TPSA) is 15.3 Å². The van der Waals surface area contributed by atoms with Crippen LogP contribution in [0.5, 0.6) is 0 Å². The number of piperidine rings is 2. The molecule has 120 valence electrons. The van der Waals surface area contributed by atoms with Crippen LogP contribution in [0.3, 0.4) is 0 Å². The zero-order valence-electron chi connectivity index (χ0n) is 14.5. The molecule has 2 nitrogen and oxygen atoms in total. The predicted molar refractivity (Wildman–Crippen MR) is 88.4 cm³/mol. The van der Waals surface area contributed by atoms with Crippen molar-refractivity contribution >= 4 is 0 Å². The van der Waals surface area contributed by atoms with Crippen LogP contribution in [0.25, 0.3) is 0 Å². The maximum absolute atomic E-state index is 3.58. The summed E-state index contributed by atoms with van der Waals surface area (Å²) in [5.41, 5.74) is 1.14. The summed E-state index contributed by atoms with van der Waals surface area (Å²) in [6.45, 7) is 7.80. The van der Waals surface area contributed by atoms with Gasteiger partial charge in [0.1, 0.15) is 0 Å². The Bertz CT molecular complexity index is 399. The van der Waals surface area contributed by atoms with E-state index in [1.54, 1.807) is 0 Å². The number of hydrogen-bond acceptors (Lipinski definition) is 2. The molecule has 2 saturated carbocycles. The maximum Gasteiger partial charge on any atom is 0.0209 e. The summed E-state index contributed by atoms with van der Waals surface area (Å²) in [6, 6.07) is 3.33. The number of nitrogens with one attached hydrogen (secondary N) is 1. The first kappa shape index (κ1) is 14.5. The van der Waals surface area contributed by atoms with E-state index in [0.29, 0.717) is 10.8 Å². The zero-order chi connectivity index (χ0) is 14.8. The van der Waals surface area contributed by atoms with Crippen molar-refractivity contribution in [1.29, 1.82) is 0 Å². The van der Waals surface area contributed by atoms with Crippen LogP contribution >= 0.6 is 0 Å². The van der Waals surface area contributed by atoms with Gasteiger partial charge in [0.15, 0.2) is 0 Å². The van der Waals surface area contributed by atoms with Crippen molar-refractivity contribution in [1.82, 2.24) is 10.2 Å². The normalized spacial score (nSPS) is 52.3. The number of fused-ring (bicyclic) bond motifs is 4. The van der Waals surface area contributed by atoms with E-state index in [-0.39, 0.29) is 0 Å². The standard InChI is InChI=1S/C19H34N2/c1-18(2)13-8-9-19(3,12-13)17(18)21-15-6-5-7-16(21)11-14(10-15)20-4/h13-17,20H,5-12H2,1-4H3. The summed E-state index contributed by atoms with van der Waals surface area (Å²) in [6.07, 6.45) is 11.6. The second-order valence-electron chi connectivity index (χ2n) is 9.46. The lowest BCUT2D eigenvalue weighted by Gasteiger charge is -2.59. The summed E-state index contributed by atoms with van der Waals surface area (Å²) in [4.78, 5) is 3.07. The van der Waals surface area contributed by atoms with Gasteiger partial charge in [0, 0.05) is 24.2 Å². The lowest BCUT2D eigenvalue weighted by atomic mass is 9.65. The van der Waals surface area contributed by atoms with Crippen molar-refractivity contribution in [3.8, 4) is 0 Å². The van der Waals surface area contributed by atoms with Crippen molar-refractivity contribution in [3.63, 3.8) is 0 Å². The fourth-order valence-corrected chi connectivity index (χ4v) is 7.09. The van der Waals surface area contributed by atoms with E-state index in [0.717, 1.165) is 30.1 Å². The van der Waals surface area contributed by atoms with E-state index in [4.69, 9.17) is 0 Å². The van der Waals surface area contributed by atoms with E-state index in [9.17, 15) is 0 Å². The van der Waals surface area contributed by atoms with Crippen molar-refractivity contribution in [2.24, 2.45) is 16.7 Å². The van der Waals surface area contributed by atoms with Crippen molar-refractivity contribution < 1.29 is 0 Å². The van der Waals surface area contributed by atoms with Crippen LogP contribution in [0.4, 0.5) is 0 Å². The van der Waals surface area contributed by atoms with E-state index >= 15 is 0 Å². The largest absolute Gasteiger partial charge is 0.317 e. The fourth-order valence-electron chi connectivity index (χ4n) is 7.09. The quantitative estimate of drug-likeness (QED) is 0.832. The lowest BCUT2D eigenvalue weighted by molar-refractivity contribution is -0.0905. The summed E-state index contributed by atoms with van der Waals surface area (Å²) in [7, 11) is 2.17. The van der Waals surface area contributed by atoms with Gasteiger partial charge >= 0.3 is 0 Å². The molecule has 0 aromatic rings. The van der Waals surface area contributed by atoms with E-state index in [2.05, 4.69) is 38.0 Å². The van der Waals surface area contributed by atoms with Crippen molar-refractivity contribution in [2.75, 3.05) is 7.05 Å². The van der Waals surface area contributed by atoms with Crippen LogP contribution in [0.2, 0.25) is 0 Å². The minimum absolute atomic E-state index is 0.535. The first-order chi connectivity index (χ1) is 9.95. The molecule has 4 fully saturated rings. The first-order valence-electron chi connectivity index (χ1n) is 9.40. The van der Waals surface area contributed by atoms with E-state index < -0.39 is 0 Å². The molecule has 0 spiro atoms. The molecular weight excluding hydrogens is 256 g/mol. The summed E-state index contributed by atoms with van der Waals surface area (Å²) >= 11 is 0. The Balaban J connectivity index is 1.66. The average molecular weight is 290 g/mol. The molecular formula is C19H34N2. The first-order valence-corrected chi connectivity index (χ1v) is 9.40. The Morgan fingerprint density at radius 3 is 2.19 bits per heavy atom. The molecule has 0 aromatic carbocycles. The molecule has 2 saturated heterocycles. The van der Waals surface area contributed by atoms with E-state index in [1.165, 1.54) is 51.4 Å². The van der Waals surface area contributed by atoms with E-state index in [1.807, 2.05) is 0 Å². The lowest BCUT2D eigenvalue weighted by Crippen LogP contribution is -2.65. The number of nitrogens with zero attached hydrogens (tertiary/aromatic N) is 1. The van der Waals surface area contributed by atoms with Gasteiger partial charge in [-0.3, -0.25) is 4.90 Å². The molecule has 2 heterocycles. The van der Waals surface area contributed by atoms with Crippen LogP contribution < -0.4 is 5.32 Å². The second-order valence-corrected chi connectivity index (χ2v) is 9.46. The maximum atomic E-state index is 3.58. The average Bonchev–Trinajstić information content (AvgIpc) is 2.89. The molecule has 4 aliphatic rings. The summed E-state index contributed by atoms with van der Waals surface area (Å²) in [5, 5.41) is 3.58. The van der Waals surface area contributed by atoms with Gasteiger partial charge in [0.2, 0.25) is 0 Å². The van der Waals surface area contributed by atoms with Crippen molar-refractivity contribution in [3.05, 3.63) is 0 Å². The van der Waals surface area contributed by atoms with Gasteiger partial charge in [-0.05, 0) is 68.7 Å². The monoisotopic (exact) mass is 290 g/mol. The Morgan fingerprint density at radius 1 is 1.00 bits per heavy atom. The minimum Gasteiger partial charge on any atom is -0.317 e. The molecule has 2 heteroatoms. The van der Waals surface area contributed by atoms with Gasteiger partial charge in [-0.1, -0.05) is 27.2 Å². The third-order valence-electron chi connectivity index (χ3n) is 7.93. The smallest absolute Gasteiger partial charge is 0.0209 e. The predicted octanol–water partition coefficient (Wildman–Crippen LogP) is 3.81. The highest BCUT2D eigenvalue weighted by Gasteiger charge is 2.63. The Morgan fingerprint density at radius 2 is 1.67 bits per heavy atom. The van der Waals surface area contributed by atoms with Gasteiger partial charge in [-0.25, -0.2) is 0 Å². The molecule has 1 N–H and O–H groups in total. The van der Waals surface area contributed by atoms with Crippen LogP contribution in [0, 0.1) is 16.7 Å². The molecule has 0 amide bonds. The molecule has 2 aliphatic heterocycles. The molecule has 21 heavy (non-hydrogen) atoms. The SMILES string of the molecule is CNC1CC2CCCC(C1)N2C1C2(C)CCC(C2)C1(C)C. The van der Waals surface area contributed by atoms with Gasteiger partial charge in [-0.15, -0.1) is 0 Å². The van der Waals surface area contributed by atoms with Crippen LogP contribution in [0.1, 0.15) is 72.1 Å². The molecule has 4 rings (SSSR count). The molecule has 5 unspecified atom stereocenters. The molecule has 0 aromatic heterocycles. The van der Waals surface area contributed by atoms with Crippen LogP contribution in [0.15, 0.2) is 0 Å². The number of rotatable bonds is 2.